The number of aromatic nitrogens is 3. The molecule has 2 aromatic rings. The first-order chi connectivity index (χ1) is 9.01. The lowest BCUT2D eigenvalue weighted by molar-refractivity contribution is 0.126. The highest BCUT2D eigenvalue weighted by Crippen LogP contribution is 2.28. The zero-order chi connectivity index (χ0) is 13.9. The molecule has 0 unspecified atom stereocenters. The van der Waals surface area contributed by atoms with E-state index in [1.807, 2.05) is 33.0 Å². The maximum Gasteiger partial charge on any atom is 0.226 e. The van der Waals surface area contributed by atoms with Crippen LogP contribution >= 0.6 is 0 Å². The third-order valence-corrected chi connectivity index (χ3v) is 2.45. The number of hydrogen-bond donors (Lipinski definition) is 1. The van der Waals surface area contributed by atoms with Crippen LogP contribution in [0.3, 0.4) is 0 Å². The number of fused-ring (bicyclic) bond motifs is 1. The minimum atomic E-state index is -0.321. The first kappa shape index (κ1) is 13.1. The van der Waals surface area contributed by atoms with Gasteiger partial charge < -0.3 is 9.72 Å². The first-order valence-electron chi connectivity index (χ1n) is 6.06. The molecule has 2 rings (SSSR count). The van der Waals surface area contributed by atoms with E-state index in [4.69, 9.17) is 10.00 Å². The fourth-order valence-corrected chi connectivity index (χ4v) is 1.76. The van der Waals surface area contributed by atoms with Gasteiger partial charge in [-0.05, 0) is 32.8 Å². The largest absolute Gasteiger partial charge is 0.471 e. The Morgan fingerprint density at radius 3 is 2.89 bits per heavy atom. The number of aromatic amines is 1. The van der Waals surface area contributed by atoms with Crippen molar-refractivity contribution < 1.29 is 4.74 Å². The van der Waals surface area contributed by atoms with Crippen LogP contribution < -0.4 is 4.74 Å². The van der Waals surface area contributed by atoms with E-state index in [-0.39, 0.29) is 5.60 Å². The molecule has 19 heavy (non-hydrogen) atoms. The van der Waals surface area contributed by atoms with E-state index in [1.165, 1.54) is 12.4 Å². The third-order valence-electron chi connectivity index (χ3n) is 2.45. The zero-order valence-corrected chi connectivity index (χ0v) is 11.3. The molecule has 0 aromatic carbocycles. The molecule has 0 aliphatic carbocycles. The van der Waals surface area contributed by atoms with Crippen LogP contribution in [0.25, 0.3) is 11.0 Å². The maximum atomic E-state index is 8.52. The second kappa shape index (κ2) is 5.11. The van der Waals surface area contributed by atoms with E-state index in [1.54, 1.807) is 6.08 Å². The van der Waals surface area contributed by atoms with E-state index < -0.39 is 0 Å². The van der Waals surface area contributed by atoms with Crippen molar-refractivity contribution in [2.75, 3.05) is 0 Å². The summed E-state index contributed by atoms with van der Waals surface area (Å²) in [6.07, 6.45) is 7.26. The van der Waals surface area contributed by atoms with Gasteiger partial charge in [-0.2, -0.15) is 5.26 Å². The third kappa shape index (κ3) is 3.10. The summed E-state index contributed by atoms with van der Waals surface area (Å²) in [7, 11) is 0. The maximum absolute atomic E-state index is 8.52. The molecule has 0 spiro atoms. The molecule has 0 aliphatic heterocycles. The van der Waals surface area contributed by atoms with Gasteiger partial charge in [0.1, 0.15) is 17.6 Å². The molecule has 0 aliphatic rings. The van der Waals surface area contributed by atoms with Crippen LogP contribution in [0.1, 0.15) is 26.3 Å². The van der Waals surface area contributed by atoms with Crippen molar-refractivity contribution in [3.8, 4) is 11.9 Å². The summed E-state index contributed by atoms with van der Waals surface area (Å²) in [4.78, 5) is 11.5. The van der Waals surface area contributed by atoms with E-state index in [9.17, 15) is 0 Å². The van der Waals surface area contributed by atoms with Gasteiger partial charge in [-0.15, -0.1) is 0 Å². The highest BCUT2D eigenvalue weighted by Gasteiger charge is 2.17. The summed E-state index contributed by atoms with van der Waals surface area (Å²) < 4.78 is 5.86. The minimum absolute atomic E-state index is 0.321. The molecule has 2 aromatic heterocycles. The summed E-state index contributed by atoms with van der Waals surface area (Å²) in [6.45, 7) is 5.93. The number of H-pyrrole nitrogens is 1. The van der Waals surface area contributed by atoms with Crippen molar-refractivity contribution in [2.45, 2.75) is 32.8 Å². The molecule has 98 valence electrons. The Morgan fingerprint density at radius 2 is 2.21 bits per heavy atom. The van der Waals surface area contributed by atoms with Gasteiger partial charge in [0.2, 0.25) is 5.88 Å². The summed E-state index contributed by atoms with van der Waals surface area (Å²) in [6, 6.07) is 1.98. The van der Waals surface area contributed by atoms with Gasteiger partial charge in [-0.25, -0.2) is 9.97 Å². The lowest BCUT2D eigenvalue weighted by Gasteiger charge is -2.20. The highest BCUT2D eigenvalue weighted by atomic mass is 16.5. The van der Waals surface area contributed by atoms with Gasteiger partial charge in [0.25, 0.3) is 0 Å². The molecular formula is C14H16N4O. The quantitative estimate of drug-likeness (QED) is 0.857. The molecule has 0 saturated carbocycles. The standard InChI is InChI=1S/C14H16N4O/c1-14(2,3)19-13-11-10(6-4-5-7-15)8-16-12(11)17-9-18-13/h4-5,8-9H,6H2,1-3H3,(H,16,17,18)/b5-4+. The van der Waals surface area contributed by atoms with E-state index in [2.05, 4.69) is 15.0 Å². The summed E-state index contributed by atoms with van der Waals surface area (Å²) in [5, 5.41) is 9.40. The Hall–Kier alpha value is -2.35. The lowest BCUT2D eigenvalue weighted by Crippen LogP contribution is -2.23. The van der Waals surface area contributed by atoms with Crippen LogP contribution in [0.15, 0.2) is 24.7 Å². The van der Waals surface area contributed by atoms with Gasteiger partial charge >= 0.3 is 0 Å². The molecule has 0 bridgehead atoms. The number of nitriles is 1. The summed E-state index contributed by atoms with van der Waals surface area (Å²) in [5.41, 5.74) is 1.44. The Morgan fingerprint density at radius 1 is 1.42 bits per heavy atom. The normalized spacial score (nSPS) is 11.9. The summed E-state index contributed by atoms with van der Waals surface area (Å²) >= 11 is 0. The van der Waals surface area contributed by atoms with Gasteiger partial charge in [0.05, 0.1) is 11.5 Å². The number of nitrogens with zero attached hydrogens (tertiary/aromatic N) is 3. The number of rotatable bonds is 3. The van der Waals surface area contributed by atoms with Crippen molar-refractivity contribution in [2.24, 2.45) is 0 Å². The monoisotopic (exact) mass is 256 g/mol. The van der Waals surface area contributed by atoms with Crippen molar-refractivity contribution in [3.63, 3.8) is 0 Å². The Bertz CT molecular complexity index is 643. The highest BCUT2D eigenvalue weighted by molar-refractivity contribution is 5.84. The van der Waals surface area contributed by atoms with Crippen molar-refractivity contribution in [1.29, 1.82) is 5.26 Å². The van der Waals surface area contributed by atoms with Crippen molar-refractivity contribution in [3.05, 3.63) is 30.2 Å². The molecule has 5 heteroatoms. The smallest absolute Gasteiger partial charge is 0.226 e. The number of ether oxygens (including phenoxy) is 1. The Balaban J connectivity index is 2.44. The summed E-state index contributed by atoms with van der Waals surface area (Å²) in [5.74, 6) is 0.569. The number of hydrogen-bond acceptors (Lipinski definition) is 4. The lowest BCUT2D eigenvalue weighted by atomic mass is 10.1. The van der Waals surface area contributed by atoms with Crippen LogP contribution in [-0.2, 0) is 6.42 Å². The first-order valence-corrected chi connectivity index (χ1v) is 6.06. The zero-order valence-electron chi connectivity index (χ0n) is 11.3. The second-order valence-electron chi connectivity index (χ2n) is 5.17. The van der Waals surface area contributed by atoms with Crippen LogP contribution in [-0.4, -0.2) is 20.6 Å². The van der Waals surface area contributed by atoms with Gasteiger partial charge in [0, 0.05) is 12.3 Å². The SMILES string of the molecule is CC(C)(C)Oc1ncnc2[nH]cc(C/C=C/C#N)c12. The molecule has 0 atom stereocenters. The van der Waals surface area contributed by atoms with Crippen LogP contribution in [0.2, 0.25) is 0 Å². The fraction of sp³-hybridized carbons (Fsp3) is 0.357. The topological polar surface area (TPSA) is 74.6 Å². The van der Waals surface area contributed by atoms with Crippen LogP contribution in [0.5, 0.6) is 5.88 Å². The minimum Gasteiger partial charge on any atom is -0.471 e. The van der Waals surface area contributed by atoms with Crippen LogP contribution in [0, 0.1) is 11.3 Å². The van der Waals surface area contributed by atoms with E-state index in [0.717, 1.165) is 16.6 Å². The predicted molar refractivity (Wildman–Crippen MR) is 72.7 cm³/mol. The molecule has 0 radical (unpaired) electrons. The molecular weight excluding hydrogens is 240 g/mol. The number of nitrogens with one attached hydrogen (secondary N) is 1. The van der Waals surface area contributed by atoms with Crippen LogP contribution in [0.4, 0.5) is 0 Å². The van der Waals surface area contributed by atoms with Crippen molar-refractivity contribution in [1.82, 2.24) is 15.0 Å². The van der Waals surface area contributed by atoms with E-state index in [0.29, 0.717) is 12.3 Å². The van der Waals surface area contributed by atoms with Gasteiger partial charge in [0.15, 0.2) is 0 Å². The molecule has 2 heterocycles. The molecule has 0 fully saturated rings. The molecule has 0 saturated heterocycles. The number of allylic oxidation sites excluding steroid dienone is 2. The van der Waals surface area contributed by atoms with Crippen molar-refractivity contribution >= 4 is 11.0 Å². The molecule has 5 nitrogen and oxygen atoms in total. The molecule has 1 N–H and O–H groups in total. The Kier molecular flexibility index (Phi) is 3.52. The van der Waals surface area contributed by atoms with Gasteiger partial charge in [-0.1, -0.05) is 6.08 Å². The average Bonchev–Trinajstić information content (AvgIpc) is 2.72. The average molecular weight is 256 g/mol. The fourth-order valence-electron chi connectivity index (χ4n) is 1.76. The predicted octanol–water partition coefficient (Wildman–Crippen LogP) is 2.76. The second-order valence-corrected chi connectivity index (χ2v) is 5.17. The van der Waals surface area contributed by atoms with E-state index >= 15 is 0 Å². The Labute approximate surface area is 111 Å². The molecule has 0 amide bonds. The van der Waals surface area contributed by atoms with Gasteiger partial charge in [-0.3, -0.25) is 0 Å².